The predicted octanol–water partition coefficient (Wildman–Crippen LogP) is 4.95. The molecule has 2 saturated heterocycles. The van der Waals surface area contributed by atoms with Crippen molar-refractivity contribution >= 4 is 39.1 Å². The summed E-state index contributed by atoms with van der Waals surface area (Å²) in [4.78, 5) is 34.0. The zero-order valence-electron chi connectivity index (χ0n) is 16.5. The Morgan fingerprint density at radius 3 is 2.29 bits per heavy atom. The lowest BCUT2D eigenvalue weighted by Gasteiger charge is -2.29. The first-order valence-electron chi connectivity index (χ1n) is 9.86. The number of carbonyl (C=O) groups excluding carboxylic acids is 2. The van der Waals surface area contributed by atoms with Crippen LogP contribution in [-0.4, -0.2) is 17.9 Å². The van der Waals surface area contributed by atoms with Crippen LogP contribution < -0.4 is 9.96 Å². The number of aryl methyl sites for hydroxylation is 1. The van der Waals surface area contributed by atoms with Gasteiger partial charge in [-0.2, -0.15) is 0 Å². The second-order valence-corrected chi connectivity index (χ2v) is 8.53. The second kappa shape index (κ2) is 7.59. The van der Waals surface area contributed by atoms with Crippen LogP contribution in [0.15, 0.2) is 77.3 Å². The molecule has 3 aromatic carbocycles. The molecule has 3 atom stereocenters. The Morgan fingerprint density at radius 1 is 0.903 bits per heavy atom. The molecule has 0 saturated carbocycles. The molecule has 2 heterocycles. The normalized spacial score (nSPS) is 22.9. The van der Waals surface area contributed by atoms with E-state index in [2.05, 4.69) is 15.9 Å². The molecule has 0 bridgehead atoms. The van der Waals surface area contributed by atoms with E-state index in [4.69, 9.17) is 4.84 Å². The fraction of sp³-hybridized carbons (Fsp3) is 0.167. The molecular formula is C24H18BrFN2O3. The minimum atomic E-state index is -0.956. The number of rotatable bonds is 3. The van der Waals surface area contributed by atoms with Crippen molar-refractivity contribution in [3.8, 4) is 0 Å². The number of hydrogen-bond donors (Lipinski definition) is 0. The molecule has 0 unspecified atom stereocenters. The first-order valence-corrected chi connectivity index (χ1v) is 10.7. The molecule has 2 amide bonds. The lowest BCUT2D eigenvalue weighted by Crippen LogP contribution is -2.37. The van der Waals surface area contributed by atoms with Gasteiger partial charge in [0.05, 0.1) is 21.9 Å². The minimum Gasteiger partial charge on any atom is -0.273 e. The average molecular weight is 481 g/mol. The minimum absolute atomic E-state index is 0.286. The van der Waals surface area contributed by atoms with Gasteiger partial charge >= 0.3 is 0 Å². The fourth-order valence-corrected chi connectivity index (χ4v) is 4.59. The molecule has 2 aliphatic heterocycles. The Hall–Kier alpha value is -3.03. The SMILES string of the molecule is Cc1ccc(N2C(=O)[C@H]3[C@@H](ON(c4ccccc4)[C@H]3c3ccc(F)c(Br)c3)C2=O)cc1. The van der Waals surface area contributed by atoms with Gasteiger partial charge in [-0.25, -0.2) is 14.4 Å². The standard InChI is InChI=1S/C24H18BrFN2O3/c1-14-7-10-16(11-8-14)27-23(29)20-21(15-9-12-19(26)18(25)13-15)28(31-22(20)24(27)30)17-5-3-2-4-6-17/h2-13,20-22H,1H3/t20-,21+,22-/m1/s1. The predicted molar refractivity (Wildman–Crippen MR) is 118 cm³/mol. The average Bonchev–Trinajstić information content (AvgIpc) is 3.28. The maximum absolute atomic E-state index is 13.9. The molecule has 0 N–H and O–H groups in total. The number of para-hydroxylation sites is 1. The summed E-state index contributed by atoms with van der Waals surface area (Å²) in [5.41, 5.74) is 2.94. The quantitative estimate of drug-likeness (QED) is 0.497. The number of fused-ring (bicyclic) bond motifs is 1. The molecule has 5 nitrogen and oxygen atoms in total. The van der Waals surface area contributed by atoms with E-state index in [9.17, 15) is 14.0 Å². The van der Waals surface area contributed by atoms with E-state index >= 15 is 0 Å². The molecule has 7 heteroatoms. The number of carbonyl (C=O) groups is 2. The highest BCUT2D eigenvalue weighted by Gasteiger charge is 2.60. The lowest BCUT2D eigenvalue weighted by atomic mass is 9.90. The summed E-state index contributed by atoms with van der Waals surface area (Å²) in [5.74, 6) is -1.89. The molecule has 0 spiro atoms. The van der Waals surface area contributed by atoms with Gasteiger partial charge in [0, 0.05) is 0 Å². The third-order valence-corrected chi connectivity index (χ3v) is 6.31. The highest BCUT2D eigenvalue weighted by molar-refractivity contribution is 9.10. The molecule has 31 heavy (non-hydrogen) atoms. The number of anilines is 2. The van der Waals surface area contributed by atoms with Gasteiger partial charge in [0.15, 0.2) is 6.10 Å². The number of halogens is 2. The van der Waals surface area contributed by atoms with Crippen molar-refractivity contribution in [3.05, 3.63) is 94.2 Å². The molecule has 0 aliphatic carbocycles. The molecule has 156 valence electrons. The monoisotopic (exact) mass is 480 g/mol. The first kappa shape index (κ1) is 19.9. The highest BCUT2D eigenvalue weighted by Crippen LogP contribution is 2.48. The largest absolute Gasteiger partial charge is 0.273 e. The lowest BCUT2D eigenvalue weighted by molar-refractivity contribution is -0.126. The fourth-order valence-electron chi connectivity index (χ4n) is 4.20. The highest BCUT2D eigenvalue weighted by atomic mass is 79.9. The van der Waals surface area contributed by atoms with E-state index in [0.717, 1.165) is 5.56 Å². The summed E-state index contributed by atoms with van der Waals surface area (Å²) in [6.45, 7) is 1.94. The Bertz CT molecular complexity index is 1170. The van der Waals surface area contributed by atoms with Gasteiger partial charge in [-0.05, 0) is 64.8 Å². The van der Waals surface area contributed by atoms with Gasteiger partial charge in [-0.3, -0.25) is 14.4 Å². The Kier molecular flexibility index (Phi) is 4.87. The van der Waals surface area contributed by atoms with Crippen LogP contribution in [0.5, 0.6) is 0 Å². The molecule has 5 rings (SSSR count). The van der Waals surface area contributed by atoms with E-state index < -0.39 is 29.8 Å². The van der Waals surface area contributed by atoms with Crippen molar-refractivity contribution in [2.45, 2.75) is 19.1 Å². The van der Waals surface area contributed by atoms with Gasteiger partial charge in [-0.1, -0.05) is 42.0 Å². The first-order chi connectivity index (χ1) is 15.0. The van der Waals surface area contributed by atoms with Crippen LogP contribution >= 0.6 is 15.9 Å². The third-order valence-electron chi connectivity index (χ3n) is 5.70. The summed E-state index contributed by atoms with van der Waals surface area (Å²) in [6, 6.07) is 20.5. The van der Waals surface area contributed by atoms with E-state index in [-0.39, 0.29) is 10.4 Å². The van der Waals surface area contributed by atoms with E-state index in [0.29, 0.717) is 16.9 Å². The van der Waals surface area contributed by atoms with E-state index in [1.165, 1.54) is 11.0 Å². The maximum Gasteiger partial charge on any atom is 0.266 e. The van der Waals surface area contributed by atoms with Gasteiger partial charge in [0.25, 0.3) is 5.91 Å². The summed E-state index contributed by atoms with van der Waals surface area (Å²) in [6.07, 6.45) is -0.956. The smallest absolute Gasteiger partial charge is 0.266 e. The van der Waals surface area contributed by atoms with Gasteiger partial charge < -0.3 is 0 Å². The summed E-state index contributed by atoms with van der Waals surface area (Å²) < 4.78 is 14.2. The second-order valence-electron chi connectivity index (χ2n) is 7.68. The number of hydroxylamine groups is 1. The van der Waals surface area contributed by atoms with Crippen LogP contribution in [0.25, 0.3) is 0 Å². The van der Waals surface area contributed by atoms with Crippen LogP contribution in [0.3, 0.4) is 0 Å². The van der Waals surface area contributed by atoms with Crippen LogP contribution in [0.4, 0.5) is 15.8 Å². The van der Waals surface area contributed by atoms with Crippen molar-refractivity contribution in [1.29, 1.82) is 0 Å². The number of imide groups is 1. The molecular weight excluding hydrogens is 463 g/mol. The zero-order valence-corrected chi connectivity index (χ0v) is 18.1. The van der Waals surface area contributed by atoms with Crippen molar-refractivity contribution in [2.24, 2.45) is 5.92 Å². The van der Waals surface area contributed by atoms with Gasteiger partial charge in [0.2, 0.25) is 5.91 Å². The Labute approximate surface area is 187 Å². The zero-order chi connectivity index (χ0) is 21.7. The molecule has 2 aliphatic rings. The van der Waals surface area contributed by atoms with E-state index in [1.54, 1.807) is 29.3 Å². The molecule has 0 aromatic heterocycles. The van der Waals surface area contributed by atoms with Crippen molar-refractivity contribution in [2.75, 3.05) is 9.96 Å². The Morgan fingerprint density at radius 2 is 1.61 bits per heavy atom. The van der Waals surface area contributed by atoms with Crippen LogP contribution in [0.1, 0.15) is 17.2 Å². The van der Waals surface area contributed by atoms with Gasteiger partial charge in [-0.15, -0.1) is 0 Å². The van der Waals surface area contributed by atoms with Crippen molar-refractivity contribution < 1.29 is 18.8 Å². The number of hydrogen-bond acceptors (Lipinski definition) is 4. The summed E-state index contributed by atoms with van der Waals surface area (Å²) >= 11 is 3.23. The van der Waals surface area contributed by atoms with Crippen LogP contribution in [-0.2, 0) is 14.4 Å². The number of benzene rings is 3. The summed E-state index contributed by atoms with van der Waals surface area (Å²) in [7, 11) is 0. The maximum atomic E-state index is 13.9. The molecule has 2 fully saturated rings. The van der Waals surface area contributed by atoms with Gasteiger partial charge in [0.1, 0.15) is 11.7 Å². The summed E-state index contributed by atoms with van der Waals surface area (Å²) in [5, 5.41) is 1.59. The number of amides is 2. The van der Waals surface area contributed by atoms with Crippen LogP contribution in [0.2, 0.25) is 0 Å². The van der Waals surface area contributed by atoms with Crippen LogP contribution in [0, 0.1) is 18.7 Å². The van der Waals surface area contributed by atoms with Crippen molar-refractivity contribution in [3.63, 3.8) is 0 Å². The molecule has 3 aromatic rings. The molecule has 0 radical (unpaired) electrons. The van der Waals surface area contributed by atoms with Crippen molar-refractivity contribution in [1.82, 2.24) is 0 Å². The third kappa shape index (κ3) is 3.25. The number of nitrogens with zero attached hydrogens (tertiary/aromatic N) is 2. The topological polar surface area (TPSA) is 49.9 Å². The Balaban J connectivity index is 1.60. The van der Waals surface area contributed by atoms with E-state index in [1.807, 2.05) is 49.4 Å².